The van der Waals surface area contributed by atoms with Crippen molar-refractivity contribution in [1.82, 2.24) is 0 Å². The fourth-order valence-electron chi connectivity index (χ4n) is 1.05. The lowest BCUT2D eigenvalue weighted by Crippen LogP contribution is -1.88. The Hall–Kier alpha value is -1.44. The molecule has 11 heavy (non-hydrogen) atoms. The van der Waals surface area contributed by atoms with E-state index < -0.39 is 0 Å². The van der Waals surface area contributed by atoms with Crippen LogP contribution in [0, 0.1) is 6.92 Å². The first-order valence-corrected chi connectivity index (χ1v) is 3.41. The molecule has 0 saturated carbocycles. The maximum atomic E-state index is 5.17. The summed E-state index contributed by atoms with van der Waals surface area (Å²) in [5, 5.41) is 0. The van der Waals surface area contributed by atoms with Crippen molar-refractivity contribution in [3.63, 3.8) is 0 Å². The lowest BCUT2D eigenvalue weighted by molar-refractivity contribution is 0.290. The molecule has 1 aliphatic heterocycles. The molecule has 0 N–H and O–H groups in total. The Kier molecular flexibility index (Phi) is 1.15. The second kappa shape index (κ2) is 2.02. The van der Waals surface area contributed by atoms with Gasteiger partial charge in [-0.15, -0.1) is 0 Å². The van der Waals surface area contributed by atoms with Crippen LogP contribution >= 0.6 is 0 Å². The highest BCUT2D eigenvalue weighted by Crippen LogP contribution is 2.35. The molecule has 0 bridgehead atoms. The van der Waals surface area contributed by atoms with Crippen LogP contribution in [0.25, 0.3) is 0 Å². The van der Waals surface area contributed by atoms with Crippen LogP contribution in [0.5, 0.6) is 11.5 Å². The minimum Gasteiger partial charge on any atom is -0.422 e. The number of fused-ring (bicyclic) bond motifs is 1. The number of ether oxygens (including phenoxy) is 2. The molecule has 0 aliphatic carbocycles. The number of benzene rings is 1. The van der Waals surface area contributed by atoms with Crippen molar-refractivity contribution in [1.29, 1.82) is 0 Å². The molecule has 0 atom stereocenters. The third-order valence-corrected chi connectivity index (χ3v) is 1.55. The van der Waals surface area contributed by atoms with E-state index in [1.165, 1.54) is 0 Å². The average molecular weight is 148 g/mol. The maximum Gasteiger partial charge on any atom is 0.282 e. The molecule has 2 rings (SSSR count). The summed E-state index contributed by atoms with van der Waals surface area (Å²) in [6.07, 6.45) is 0. The molecule has 56 valence electrons. The van der Waals surface area contributed by atoms with E-state index in [-0.39, 0.29) is 0 Å². The van der Waals surface area contributed by atoms with E-state index in [2.05, 4.69) is 6.58 Å². The third-order valence-electron chi connectivity index (χ3n) is 1.55. The Bertz CT molecular complexity index is 315. The minimum atomic E-state index is 0.352. The van der Waals surface area contributed by atoms with Gasteiger partial charge in [-0.2, -0.15) is 0 Å². The van der Waals surface area contributed by atoms with Crippen LogP contribution in [0.2, 0.25) is 0 Å². The first-order valence-electron chi connectivity index (χ1n) is 3.41. The van der Waals surface area contributed by atoms with Crippen molar-refractivity contribution in [3.05, 3.63) is 36.3 Å². The van der Waals surface area contributed by atoms with Crippen LogP contribution in [0.3, 0.4) is 0 Å². The topological polar surface area (TPSA) is 18.5 Å². The molecule has 0 aromatic heterocycles. The molecule has 2 heteroatoms. The van der Waals surface area contributed by atoms with Gasteiger partial charge in [0.05, 0.1) is 0 Å². The number of hydrogen-bond donors (Lipinski definition) is 0. The first-order chi connectivity index (χ1) is 5.25. The summed E-state index contributed by atoms with van der Waals surface area (Å²) in [6, 6.07) is 5.77. The molecule has 1 aliphatic rings. The van der Waals surface area contributed by atoms with Crippen molar-refractivity contribution >= 4 is 0 Å². The van der Waals surface area contributed by atoms with Gasteiger partial charge in [0.15, 0.2) is 11.5 Å². The Labute approximate surface area is 65.1 Å². The molecule has 1 aromatic rings. The average Bonchev–Trinajstić information content (AvgIpc) is 2.27. The van der Waals surface area contributed by atoms with Gasteiger partial charge in [0, 0.05) is 0 Å². The fraction of sp³-hybridized carbons (Fsp3) is 0.111. The lowest BCUT2D eigenvalue weighted by Gasteiger charge is -1.93. The minimum absolute atomic E-state index is 0.352. The van der Waals surface area contributed by atoms with Gasteiger partial charge in [0.1, 0.15) is 0 Å². The molecular weight excluding hydrogens is 140 g/mol. The van der Waals surface area contributed by atoms with E-state index in [1.807, 2.05) is 25.1 Å². The molecule has 2 nitrogen and oxygen atoms in total. The third kappa shape index (κ3) is 0.963. The van der Waals surface area contributed by atoms with Crippen LogP contribution in [0.4, 0.5) is 0 Å². The lowest BCUT2D eigenvalue weighted by atomic mass is 10.2. The van der Waals surface area contributed by atoms with Crippen LogP contribution < -0.4 is 9.47 Å². The van der Waals surface area contributed by atoms with Crippen LogP contribution in [0.1, 0.15) is 5.56 Å². The summed E-state index contributed by atoms with van der Waals surface area (Å²) in [6.45, 7) is 5.56. The van der Waals surface area contributed by atoms with Gasteiger partial charge in [0.2, 0.25) is 0 Å². The zero-order chi connectivity index (χ0) is 7.84. The molecule has 0 radical (unpaired) electrons. The number of rotatable bonds is 0. The Morgan fingerprint density at radius 2 is 1.91 bits per heavy atom. The molecule has 0 fully saturated rings. The van der Waals surface area contributed by atoms with Crippen molar-refractivity contribution in [2.45, 2.75) is 6.92 Å². The fourth-order valence-corrected chi connectivity index (χ4v) is 1.05. The van der Waals surface area contributed by atoms with E-state index in [9.17, 15) is 0 Å². The molecule has 0 amide bonds. The van der Waals surface area contributed by atoms with Gasteiger partial charge >= 0.3 is 0 Å². The predicted molar refractivity (Wildman–Crippen MR) is 41.6 cm³/mol. The first kappa shape index (κ1) is 6.28. The van der Waals surface area contributed by atoms with Gasteiger partial charge in [-0.3, -0.25) is 0 Å². The van der Waals surface area contributed by atoms with E-state index >= 15 is 0 Å². The molecular formula is C9H8O2. The molecule has 0 saturated heterocycles. The highest BCUT2D eigenvalue weighted by atomic mass is 16.7. The highest BCUT2D eigenvalue weighted by molar-refractivity contribution is 5.46. The molecule has 0 spiro atoms. The second-order valence-corrected chi connectivity index (χ2v) is 2.53. The molecule has 1 aromatic carbocycles. The van der Waals surface area contributed by atoms with Crippen LogP contribution in [0.15, 0.2) is 30.7 Å². The Balaban J connectivity index is 2.51. The normalized spacial score (nSPS) is 13.7. The molecule has 1 heterocycles. The Morgan fingerprint density at radius 3 is 2.73 bits per heavy atom. The van der Waals surface area contributed by atoms with E-state index in [4.69, 9.17) is 9.47 Å². The zero-order valence-electron chi connectivity index (χ0n) is 6.26. The summed E-state index contributed by atoms with van der Waals surface area (Å²) in [5.74, 6) is 1.86. The summed E-state index contributed by atoms with van der Waals surface area (Å²) < 4.78 is 10.3. The number of aryl methyl sites for hydroxylation is 1. The summed E-state index contributed by atoms with van der Waals surface area (Å²) >= 11 is 0. The number of hydrogen-bond acceptors (Lipinski definition) is 2. The van der Waals surface area contributed by atoms with Crippen molar-refractivity contribution in [3.8, 4) is 11.5 Å². The smallest absolute Gasteiger partial charge is 0.282 e. The van der Waals surface area contributed by atoms with Gasteiger partial charge < -0.3 is 9.47 Å². The van der Waals surface area contributed by atoms with Crippen LogP contribution in [-0.2, 0) is 0 Å². The van der Waals surface area contributed by atoms with E-state index in [0.29, 0.717) is 5.95 Å². The maximum absolute atomic E-state index is 5.17. The van der Waals surface area contributed by atoms with E-state index in [0.717, 1.165) is 17.1 Å². The highest BCUT2D eigenvalue weighted by Gasteiger charge is 2.16. The molecule has 0 unspecified atom stereocenters. The van der Waals surface area contributed by atoms with E-state index in [1.54, 1.807) is 0 Å². The Morgan fingerprint density at radius 1 is 1.18 bits per heavy atom. The van der Waals surface area contributed by atoms with Gasteiger partial charge in [-0.1, -0.05) is 6.07 Å². The second-order valence-electron chi connectivity index (χ2n) is 2.53. The standard InChI is InChI=1S/C9H8O2/c1-6-3-4-8-9(5-6)11-7(2)10-8/h3-5H,2H2,1H3. The summed E-state index contributed by atoms with van der Waals surface area (Å²) in [4.78, 5) is 0. The van der Waals surface area contributed by atoms with Gasteiger partial charge in [-0.05, 0) is 31.2 Å². The van der Waals surface area contributed by atoms with Crippen molar-refractivity contribution < 1.29 is 9.47 Å². The largest absolute Gasteiger partial charge is 0.422 e. The van der Waals surface area contributed by atoms with Gasteiger partial charge in [-0.25, -0.2) is 0 Å². The summed E-state index contributed by atoms with van der Waals surface area (Å²) in [5.41, 5.74) is 1.15. The monoisotopic (exact) mass is 148 g/mol. The van der Waals surface area contributed by atoms with Gasteiger partial charge in [0.25, 0.3) is 5.95 Å². The van der Waals surface area contributed by atoms with Crippen molar-refractivity contribution in [2.24, 2.45) is 0 Å². The zero-order valence-corrected chi connectivity index (χ0v) is 6.26. The SMILES string of the molecule is C=C1Oc2ccc(C)cc2O1. The predicted octanol–water partition coefficient (Wildman–Crippen LogP) is 2.24. The quantitative estimate of drug-likeness (QED) is 0.561. The summed E-state index contributed by atoms with van der Waals surface area (Å²) in [7, 11) is 0. The van der Waals surface area contributed by atoms with Crippen LogP contribution in [-0.4, -0.2) is 0 Å². The van der Waals surface area contributed by atoms with Crippen molar-refractivity contribution in [2.75, 3.05) is 0 Å².